The van der Waals surface area contributed by atoms with Gasteiger partial charge in [0.15, 0.2) is 18.1 Å². The van der Waals surface area contributed by atoms with Crippen LogP contribution in [0.25, 0.3) is 6.08 Å². The lowest BCUT2D eigenvalue weighted by molar-refractivity contribution is -0.136. The van der Waals surface area contributed by atoms with Crippen molar-refractivity contribution in [2.45, 2.75) is 13.8 Å². The maximum atomic E-state index is 11.5. The first kappa shape index (κ1) is 14.6. The number of carbonyl (C=O) groups is 1. The maximum Gasteiger partial charge on any atom is 0.367 e. The Morgan fingerprint density at radius 2 is 2.19 bits per heavy atom. The van der Waals surface area contributed by atoms with E-state index < -0.39 is 5.97 Å². The summed E-state index contributed by atoms with van der Waals surface area (Å²) >= 11 is 0. The van der Waals surface area contributed by atoms with Gasteiger partial charge in [-0.3, -0.25) is 0 Å². The van der Waals surface area contributed by atoms with Crippen LogP contribution in [0.5, 0.6) is 11.5 Å². The summed E-state index contributed by atoms with van der Waals surface area (Å²) in [6.45, 7) is 3.96. The minimum absolute atomic E-state index is 0.0569. The Bertz CT molecular complexity index is 656. The number of ether oxygens (including phenoxy) is 2. The van der Waals surface area contributed by atoms with Gasteiger partial charge in [0.2, 0.25) is 0 Å². The first-order valence-corrected chi connectivity index (χ1v) is 6.40. The van der Waals surface area contributed by atoms with Gasteiger partial charge < -0.3 is 14.3 Å². The fourth-order valence-corrected chi connectivity index (χ4v) is 1.80. The van der Waals surface area contributed by atoms with Crippen LogP contribution in [-0.4, -0.2) is 24.9 Å². The molecular formula is C15H14N2O4. The van der Waals surface area contributed by atoms with Gasteiger partial charge in [-0.25, -0.2) is 4.79 Å². The molecule has 0 amide bonds. The molecule has 1 aromatic rings. The molecule has 1 aliphatic rings. The molecule has 0 unspecified atom stereocenters. The van der Waals surface area contributed by atoms with Crippen molar-refractivity contribution in [2.24, 2.45) is 5.16 Å². The number of hydrogen-bond donors (Lipinski definition) is 0. The molecule has 0 spiro atoms. The van der Waals surface area contributed by atoms with Crippen molar-refractivity contribution in [3.8, 4) is 17.6 Å². The highest BCUT2D eigenvalue weighted by molar-refractivity contribution is 6.24. The van der Waals surface area contributed by atoms with E-state index in [1.54, 1.807) is 31.2 Å². The minimum atomic E-state index is -0.477. The maximum absolute atomic E-state index is 11.5. The molecule has 1 heterocycles. The molecule has 6 nitrogen and oxygen atoms in total. The Kier molecular flexibility index (Phi) is 4.57. The molecule has 1 aromatic carbocycles. The van der Waals surface area contributed by atoms with Crippen LogP contribution in [-0.2, 0) is 9.63 Å². The standard InChI is InChI=1S/C15H14N2O4/c1-3-19-14-9-11(4-5-13(14)20-7-6-16)8-12-10(2)17-21-15(12)18/h4-5,8-9H,3,7H2,1-2H3/b12-8-. The number of carbonyl (C=O) groups excluding carboxylic acids is 1. The van der Waals surface area contributed by atoms with Gasteiger partial charge in [-0.15, -0.1) is 0 Å². The van der Waals surface area contributed by atoms with E-state index in [1.165, 1.54) is 0 Å². The molecule has 2 rings (SSSR count). The predicted molar refractivity (Wildman–Crippen MR) is 75.9 cm³/mol. The van der Waals surface area contributed by atoms with Crippen LogP contribution >= 0.6 is 0 Å². The van der Waals surface area contributed by atoms with Crippen molar-refractivity contribution in [1.82, 2.24) is 0 Å². The van der Waals surface area contributed by atoms with Crippen LogP contribution in [0.4, 0.5) is 0 Å². The third-order valence-corrected chi connectivity index (χ3v) is 2.75. The Balaban J connectivity index is 2.32. The number of nitriles is 1. The van der Waals surface area contributed by atoms with Crippen molar-refractivity contribution < 1.29 is 19.1 Å². The number of benzene rings is 1. The molecule has 0 N–H and O–H groups in total. The monoisotopic (exact) mass is 286 g/mol. The Labute approximate surface area is 122 Å². The van der Waals surface area contributed by atoms with E-state index in [0.29, 0.717) is 29.4 Å². The van der Waals surface area contributed by atoms with Gasteiger partial charge in [-0.2, -0.15) is 5.26 Å². The molecule has 0 atom stereocenters. The van der Waals surface area contributed by atoms with Crippen LogP contribution in [0, 0.1) is 11.3 Å². The van der Waals surface area contributed by atoms with Crippen LogP contribution in [0.15, 0.2) is 28.9 Å². The molecule has 108 valence electrons. The van der Waals surface area contributed by atoms with Crippen molar-refractivity contribution >= 4 is 17.8 Å². The molecule has 0 aromatic heterocycles. The quantitative estimate of drug-likeness (QED) is 0.613. The normalized spacial score (nSPS) is 15.4. The largest absolute Gasteiger partial charge is 0.490 e. The van der Waals surface area contributed by atoms with E-state index >= 15 is 0 Å². The van der Waals surface area contributed by atoms with E-state index in [4.69, 9.17) is 14.7 Å². The highest BCUT2D eigenvalue weighted by Gasteiger charge is 2.21. The molecule has 0 radical (unpaired) electrons. The second kappa shape index (κ2) is 6.57. The first-order chi connectivity index (χ1) is 10.2. The van der Waals surface area contributed by atoms with Gasteiger partial charge in [0.25, 0.3) is 0 Å². The minimum Gasteiger partial charge on any atom is -0.490 e. The summed E-state index contributed by atoms with van der Waals surface area (Å²) in [6, 6.07) is 7.10. The molecule has 0 saturated heterocycles. The van der Waals surface area contributed by atoms with Crippen molar-refractivity contribution in [3.63, 3.8) is 0 Å². The summed E-state index contributed by atoms with van der Waals surface area (Å²) in [5, 5.41) is 12.2. The van der Waals surface area contributed by atoms with Crippen LogP contribution in [0.2, 0.25) is 0 Å². The van der Waals surface area contributed by atoms with Crippen LogP contribution in [0.3, 0.4) is 0 Å². The highest BCUT2D eigenvalue weighted by Crippen LogP contribution is 2.29. The Morgan fingerprint density at radius 3 is 2.81 bits per heavy atom. The zero-order valence-electron chi connectivity index (χ0n) is 11.8. The van der Waals surface area contributed by atoms with E-state index in [9.17, 15) is 4.79 Å². The molecule has 21 heavy (non-hydrogen) atoms. The number of oxime groups is 1. The lowest BCUT2D eigenvalue weighted by Gasteiger charge is -2.10. The molecular weight excluding hydrogens is 272 g/mol. The summed E-state index contributed by atoms with van der Waals surface area (Å²) in [6.07, 6.45) is 1.67. The first-order valence-electron chi connectivity index (χ1n) is 6.40. The number of hydrogen-bond acceptors (Lipinski definition) is 6. The number of rotatable bonds is 5. The van der Waals surface area contributed by atoms with Crippen LogP contribution in [0.1, 0.15) is 19.4 Å². The fraction of sp³-hybridized carbons (Fsp3) is 0.267. The Morgan fingerprint density at radius 1 is 1.38 bits per heavy atom. The van der Waals surface area contributed by atoms with E-state index in [1.807, 2.05) is 13.0 Å². The average molecular weight is 286 g/mol. The third kappa shape index (κ3) is 3.39. The summed E-state index contributed by atoms with van der Waals surface area (Å²) < 4.78 is 10.8. The summed E-state index contributed by atoms with van der Waals surface area (Å²) in [5.41, 5.74) is 1.69. The number of nitrogens with zero attached hydrogens (tertiary/aromatic N) is 2. The van der Waals surface area contributed by atoms with Crippen molar-refractivity contribution in [2.75, 3.05) is 13.2 Å². The molecule has 0 saturated carbocycles. The van der Waals surface area contributed by atoms with Gasteiger partial charge in [0, 0.05) is 0 Å². The van der Waals surface area contributed by atoms with Gasteiger partial charge >= 0.3 is 5.97 Å². The molecule has 0 aliphatic carbocycles. The SMILES string of the molecule is CCOc1cc(/C=C2\C(=O)ON=C2C)ccc1OCC#N. The van der Waals surface area contributed by atoms with Gasteiger partial charge in [-0.1, -0.05) is 11.2 Å². The van der Waals surface area contributed by atoms with Crippen LogP contribution < -0.4 is 9.47 Å². The van der Waals surface area contributed by atoms with Gasteiger partial charge in [-0.05, 0) is 37.6 Å². The van der Waals surface area contributed by atoms with Crippen molar-refractivity contribution in [1.29, 1.82) is 5.26 Å². The second-order valence-electron chi connectivity index (χ2n) is 4.20. The summed E-state index contributed by atoms with van der Waals surface area (Å²) in [5.74, 6) is 0.526. The van der Waals surface area contributed by atoms with Gasteiger partial charge in [0.05, 0.1) is 17.9 Å². The van der Waals surface area contributed by atoms with E-state index in [0.717, 1.165) is 5.56 Å². The second-order valence-corrected chi connectivity index (χ2v) is 4.20. The molecule has 0 fully saturated rings. The molecule has 0 bridgehead atoms. The molecule has 1 aliphatic heterocycles. The van der Waals surface area contributed by atoms with Gasteiger partial charge in [0.1, 0.15) is 6.07 Å². The lowest BCUT2D eigenvalue weighted by Crippen LogP contribution is -2.02. The third-order valence-electron chi connectivity index (χ3n) is 2.75. The lowest BCUT2D eigenvalue weighted by atomic mass is 10.1. The van der Waals surface area contributed by atoms with E-state index in [2.05, 4.69) is 9.99 Å². The predicted octanol–water partition coefficient (Wildman–Crippen LogP) is 2.30. The average Bonchev–Trinajstić information content (AvgIpc) is 2.79. The Hall–Kier alpha value is -2.81. The summed E-state index contributed by atoms with van der Waals surface area (Å²) in [4.78, 5) is 16.1. The zero-order chi connectivity index (χ0) is 15.2. The van der Waals surface area contributed by atoms with Crippen molar-refractivity contribution in [3.05, 3.63) is 29.3 Å². The highest BCUT2D eigenvalue weighted by atomic mass is 16.7. The topological polar surface area (TPSA) is 80.9 Å². The zero-order valence-corrected chi connectivity index (χ0v) is 11.8. The molecule has 6 heteroatoms. The smallest absolute Gasteiger partial charge is 0.367 e. The summed E-state index contributed by atoms with van der Waals surface area (Å²) in [7, 11) is 0. The van der Waals surface area contributed by atoms with E-state index in [-0.39, 0.29) is 6.61 Å². The fourth-order valence-electron chi connectivity index (χ4n) is 1.80.